The Hall–Kier alpha value is -1.15. The Morgan fingerprint density at radius 1 is 0.571 bits per heavy atom. The van der Waals surface area contributed by atoms with Crippen LogP contribution >= 0.6 is 0 Å². The van der Waals surface area contributed by atoms with Crippen molar-refractivity contribution in [3.05, 3.63) is 0 Å². The van der Waals surface area contributed by atoms with Crippen molar-refractivity contribution in [2.24, 2.45) is 47.3 Å². The first kappa shape index (κ1) is 24.2. The fraction of sp³-hybridized carbons (Fsp3) is 0.833. The summed E-state index contributed by atoms with van der Waals surface area (Å²) in [6.07, 6.45) is 3.72. The Balaban J connectivity index is 1.15. The van der Waals surface area contributed by atoms with Crippen LogP contribution in [0.2, 0.25) is 50.4 Å². The Morgan fingerprint density at radius 3 is 1.29 bits per heavy atom. The van der Waals surface area contributed by atoms with Crippen molar-refractivity contribution >= 4 is 49.1 Å². The molecule has 2 saturated heterocycles. The van der Waals surface area contributed by atoms with E-state index in [1.54, 1.807) is 0 Å². The van der Waals surface area contributed by atoms with Gasteiger partial charge in [0.25, 0.3) is 0 Å². The summed E-state index contributed by atoms with van der Waals surface area (Å²) in [6.45, 7) is 13.2. The van der Waals surface area contributed by atoms with Crippen molar-refractivity contribution in [3.8, 4) is 0 Å². The Morgan fingerprint density at radius 2 is 0.914 bits per heavy atom. The second-order valence-corrected chi connectivity index (χ2v) is 25.7. The smallest absolute Gasteiger partial charge is 0.317 e. The molecular weight excluding hydrogens is 501 g/mol. The van der Waals surface area contributed by atoms with Gasteiger partial charge >= 0.3 is 32.4 Å². The molecule has 192 valence electrons. The normalized spacial score (nSPS) is 44.2. The van der Waals surface area contributed by atoms with E-state index in [2.05, 4.69) is 39.3 Å². The minimum atomic E-state index is -2.54. The fourth-order valence-electron chi connectivity index (χ4n) is 9.55. The van der Waals surface area contributed by atoms with Gasteiger partial charge in [-0.1, -0.05) is 0 Å². The van der Waals surface area contributed by atoms with Gasteiger partial charge in [0.15, 0.2) is 16.6 Å². The molecule has 6 aliphatic rings. The highest BCUT2D eigenvalue weighted by molar-refractivity contribution is 6.88. The Bertz CT molecular complexity index is 946. The third-order valence-corrected chi connectivity index (χ3v) is 23.3. The van der Waals surface area contributed by atoms with E-state index in [9.17, 15) is 19.2 Å². The quantitative estimate of drug-likeness (QED) is 0.288. The summed E-state index contributed by atoms with van der Waals surface area (Å²) < 4.78 is 23.9. The van der Waals surface area contributed by atoms with Gasteiger partial charge in [-0.3, -0.25) is 19.2 Å². The van der Waals surface area contributed by atoms with Gasteiger partial charge in [0.1, 0.15) is 0 Å². The maximum Gasteiger partial charge on any atom is 0.317 e. The van der Waals surface area contributed by atoms with Gasteiger partial charge in [0.2, 0.25) is 0 Å². The van der Waals surface area contributed by atoms with Crippen LogP contribution in [0.15, 0.2) is 0 Å². The van der Waals surface area contributed by atoms with Gasteiger partial charge in [-0.15, -0.1) is 0 Å². The number of fused-ring (bicyclic) bond motifs is 10. The summed E-state index contributed by atoms with van der Waals surface area (Å²) in [5.41, 5.74) is 0.629. The molecule has 0 spiro atoms. The molecule has 0 aromatic carbocycles. The molecule has 2 heterocycles. The second kappa shape index (κ2) is 7.46. The summed E-state index contributed by atoms with van der Waals surface area (Å²) in [5.74, 6) is -1.53. The molecule has 2 aliphatic heterocycles. The van der Waals surface area contributed by atoms with Crippen molar-refractivity contribution in [2.45, 2.75) is 76.0 Å². The minimum absolute atomic E-state index is 0.175. The van der Waals surface area contributed by atoms with Gasteiger partial charge in [-0.2, -0.15) is 0 Å². The standard InChI is InChI=1S/C24H36O8Si3/c1-33(2,15-9-11-7-13(15)19-17(11)21(25)29-23(19)27)31-35(5,6)32-34(3,4)16-10-12-8-14(16)20-18(12)22(26)30-24(20)28/h11-20H,7-10H2,1-6H3. The maximum absolute atomic E-state index is 12.4. The van der Waals surface area contributed by atoms with Gasteiger partial charge < -0.3 is 17.7 Å². The SMILES string of the molecule is C[Si](C)(O[Si](C)(C)C1CC2CC1C1C(=O)OC(=O)C21)O[Si](C)(C)C1CC2CC1C1C(=O)OC(=O)C21. The van der Waals surface area contributed by atoms with Crippen LogP contribution < -0.4 is 0 Å². The van der Waals surface area contributed by atoms with E-state index in [1.807, 2.05) is 0 Å². The molecule has 0 N–H and O–H groups in total. The summed E-state index contributed by atoms with van der Waals surface area (Å²) in [7, 11) is -7.03. The molecule has 4 bridgehead atoms. The number of hydrogen-bond acceptors (Lipinski definition) is 8. The lowest BCUT2D eigenvalue weighted by molar-refractivity contribution is -0.156. The fourth-order valence-corrected chi connectivity index (χ4v) is 25.9. The first-order valence-electron chi connectivity index (χ1n) is 13.1. The molecule has 10 atom stereocenters. The van der Waals surface area contributed by atoms with Crippen molar-refractivity contribution in [1.82, 2.24) is 0 Å². The third-order valence-electron chi connectivity index (χ3n) is 10.3. The van der Waals surface area contributed by atoms with Gasteiger partial charge in [-0.25, -0.2) is 0 Å². The van der Waals surface area contributed by atoms with Crippen LogP contribution in [0.3, 0.4) is 0 Å². The first-order valence-corrected chi connectivity index (χ1v) is 21.9. The molecule has 0 amide bonds. The molecule has 4 saturated carbocycles. The van der Waals surface area contributed by atoms with Gasteiger partial charge in [0.05, 0.1) is 23.7 Å². The molecule has 10 unspecified atom stereocenters. The monoisotopic (exact) mass is 536 g/mol. The molecule has 4 aliphatic carbocycles. The zero-order valence-electron chi connectivity index (χ0n) is 21.4. The van der Waals surface area contributed by atoms with Crippen molar-refractivity contribution < 1.29 is 36.9 Å². The molecule has 0 radical (unpaired) electrons. The molecule has 6 rings (SSSR count). The number of carbonyl (C=O) groups is 4. The average molecular weight is 537 g/mol. The highest BCUT2D eigenvalue weighted by Crippen LogP contribution is 2.65. The number of esters is 4. The Labute approximate surface area is 209 Å². The van der Waals surface area contributed by atoms with E-state index in [-0.39, 0.29) is 71.2 Å². The lowest BCUT2D eigenvalue weighted by atomic mass is 9.81. The zero-order chi connectivity index (χ0) is 25.2. The maximum atomic E-state index is 12.4. The van der Waals surface area contributed by atoms with Crippen LogP contribution in [0.25, 0.3) is 0 Å². The lowest BCUT2D eigenvalue weighted by Crippen LogP contribution is -2.57. The summed E-state index contributed by atoms with van der Waals surface area (Å²) >= 11 is 0. The van der Waals surface area contributed by atoms with Crippen LogP contribution in [-0.2, 0) is 36.9 Å². The molecule has 0 aromatic rings. The molecular formula is C24H36O8Si3. The van der Waals surface area contributed by atoms with Crippen molar-refractivity contribution in [1.29, 1.82) is 0 Å². The van der Waals surface area contributed by atoms with Crippen LogP contribution in [0.4, 0.5) is 0 Å². The highest BCUT2D eigenvalue weighted by atomic mass is 28.5. The molecule has 11 heteroatoms. The number of ether oxygens (including phenoxy) is 2. The number of rotatable bonds is 6. The summed E-state index contributed by atoms with van der Waals surface area (Å²) in [4.78, 5) is 49.1. The molecule has 35 heavy (non-hydrogen) atoms. The van der Waals surface area contributed by atoms with Crippen LogP contribution in [0, 0.1) is 47.3 Å². The van der Waals surface area contributed by atoms with E-state index in [0.29, 0.717) is 11.1 Å². The first-order chi connectivity index (χ1) is 16.2. The van der Waals surface area contributed by atoms with Crippen LogP contribution in [0.5, 0.6) is 0 Å². The third kappa shape index (κ3) is 3.48. The lowest BCUT2D eigenvalue weighted by Gasteiger charge is -2.46. The van der Waals surface area contributed by atoms with Crippen molar-refractivity contribution in [3.63, 3.8) is 0 Å². The van der Waals surface area contributed by atoms with E-state index >= 15 is 0 Å². The van der Waals surface area contributed by atoms with Crippen LogP contribution in [-0.4, -0.2) is 49.1 Å². The Kier molecular flexibility index (Phi) is 5.16. The molecule has 8 nitrogen and oxygen atoms in total. The number of carbonyl (C=O) groups excluding carboxylic acids is 4. The van der Waals surface area contributed by atoms with E-state index < -0.39 is 25.2 Å². The predicted molar refractivity (Wildman–Crippen MR) is 131 cm³/mol. The zero-order valence-corrected chi connectivity index (χ0v) is 24.4. The largest absolute Gasteiger partial charge is 0.436 e. The van der Waals surface area contributed by atoms with E-state index in [1.165, 1.54) is 0 Å². The van der Waals surface area contributed by atoms with Gasteiger partial charge in [-0.05, 0) is 99.7 Å². The van der Waals surface area contributed by atoms with Crippen LogP contribution in [0.1, 0.15) is 25.7 Å². The number of hydrogen-bond donors (Lipinski definition) is 0. The molecule has 6 fully saturated rings. The highest BCUT2D eigenvalue weighted by Gasteiger charge is 2.68. The predicted octanol–water partition coefficient (Wildman–Crippen LogP) is 3.58. The van der Waals surface area contributed by atoms with Crippen molar-refractivity contribution in [2.75, 3.05) is 0 Å². The molecule has 0 aromatic heterocycles. The summed E-state index contributed by atoms with van der Waals surface area (Å²) in [5, 5.41) is 0. The van der Waals surface area contributed by atoms with Gasteiger partial charge in [0, 0.05) is 0 Å². The minimum Gasteiger partial charge on any atom is -0.436 e. The topological polar surface area (TPSA) is 105 Å². The van der Waals surface area contributed by atoms with E-state index in [0.717, 1.165) is 25.7 Å². The van der Waals surface area contributed by atoms with E-state index in [4.69, 9.17) is 17.7 Å². The second-order valence-electron chi connectivity index (χ2n) is 13.4. The average Bonchev–Trinajstić information content (AvgIpc) is 3.51. The summed E-state index contributed by atoms with van der Waals surface area (Å²) in [6, 6.07) is 0. The number of cyclic esters (lactones) is 4.